The number of carbonyl (C=O) groups is 1. The largest absolute Gasteiger partial charge is 0.311 e. The van der Waals surface area contributed by atoms with Crippen LogP contribution < -0.4 is 10.9 Å². The van der Waals surface area contributed by atoms with E-state index in [2.05, 4.69) is 16.5 Å². The van der Waals surface area contributed by atoms with E-state index in [-0.39, 0.29) is 17.9 Å². The normalized spacial score (nSPS) is 13.5. The molecule has 3 aromatic rings. The minimum absolute atomic E-state index is 0.205. The molecule has 2 heterocycles. The van der Waals surface area contributed by atoms with E-state index in [1.807, 2.05) is 36.4 Å². The number of nitriles is 1. The first-order valence-corrected chi connectivity index (χ1v) is 11.9. The van der Waals surface area contributed by atoms with Gasteiger partial charge >= 0.3 is 0 Å². The van der Waals surface area contributed by atoms with E-state index < -0.39 is 0 Å². The van der Waals surface area contributed by atoms with Crippen LogP contribution in [0.4, 0.5) is 5.82 Å². The Morgan fingerprint density at radius 2 is 1.94 bits per heavy atom. The molecule has 0 unspecified atom stereocenters. The summed E-state index contributed by atoms with van der Waals surface area (Å²) < 4.78 is 1.38. The highest BCUT2D eigenvalue weighted by molar-refractivity contribution is 7.99. The van der Waals surface area contributed by atoms with Crippen molar-refractivity contribution in [2.45, 2.75) is 50.0 Å². The van der Waals surface area contributed by atoms with Crippen LogP contribution in [-0.4, -0.2) is 26.4 Å². The Bertz CT molecular complexity index is 1190. The number of aromatic amines is 1. The summed E-state index contributed by atoms with van der Waals surface area (Å²) in [5.41, 5.74) is 3.32. The number of carbonyl (C=O) groups excluding carboxylic acids is 1. The molecule has 0 atom stereocenters. The van der Waals surface area contributed by atoms with Gasteiger partial charge in [0.2, 0.25) is 5.91 Å². The number of fused-ring (bicyclic) bond motifs is 1. The van der Waals surface area contributed by atoms with Gasteiger partial charge in [-0.3, -0.25) is 14.7 Å². The smallest absolute Gasteiger partial charge is 0.273 e. The molecule has 0 fully saturated rings. The number of hydrogen-bond donors (Lipinski definition) is 2. The lowest BCUT2D eigenvalue weighted by molar-refractivity contribution is -0.115. The number of anilines is 1. The third kappa shape index (κ3) is 5.29. The average molecular weight is 448 g/mol. The molecule has 0 radical (unpaired) electrons. The molecular weight excluding hydrogens is 422 g/mol. The second-order valence-corrected chi connectivity index (χ2v) is 8.88. The summed E-state index contributed by atoms with van der Waals surface area (Å²) >= 11 is 1.43. The number of H-pyrrole nitrogens is 1. The van der Waals surface area contributed by atoms with Gasteiger partial charge in [0.25, 0.3) is 5.56 Å². The van der Waals surface area contributed by atoms with Crippen molar-refractivity contribution in [3.63, 3.8) is 0 Å². The highest BCUT2D eigenvalue weighted by atomic mass is 32.2. The molecule has 0 saturated heterocycles. The minimum Gasteiger partial charge on any atom is -0.311 e. The zero-order chi connectivity index (χ0) is 22.3. The number of hydrogen-bond acceptors (Lipinski definition) is 5. The van der Waals surface area contributed by atoms with Crippen molar-refractivity contribution in [3.8, 4) is 11.8 Å². The summed E-state index contributed by atoms with van der Waals surface area (Å²) in [6.07, 6.45) is 6.88. The van der Waals surface area contributed by atoms with Crippen LogP contribution in [0, 0.1) is 11.3 Å². The quantitative estimate of drug-likeness (QED) is 0.551. The first-order valence-electron chi connectivity index (χ1n) is 10.9. The van der Waals surface area contributed by atoms with Crippen molar-refractivity contribution < 1.29 is 4.79 Å². The molecule has 8 heteroatoms. The van der Waals surface area contributed by atoms with Crippen LogP contribution in [0.1, 0.15) is 48.9 Å². The molecule has 7 nitrogen and oxygen atoms in total. The third-order valence-electron chi connectivity index (χ3n) is 5.46. The number of aryl methyl sites for hydroxylation is 2. The number of pyridine rings is 1. The number of rotatable bonds is 6. The van der Waals surface area contributed by atoms with Crippen molar-refractivity contribution in [1.82, 2.24) is 14.8 Å². The molecule has 1 amide bonds. The Morgan fingerprint density at radius 1 is 1.16 bits per heavy atom. The number of nitrogens with one attached hydrogen (secondary N) is 2. The van der Waals surface area contributed by atoms with Crippen molar-refractivity contribution >= 4 is 23.5 Å². The lowest BCUT2D eigenvalue weighted by Gasteiger charge is -2.15. The number of para-hydroxylation sites is 1. The van der Waals surface area contributed by atoms with E-state index in [1.54, 1.807) is 0 Å². The zero-order valence-electron chi connectivity index (χ0n) is 17.8. The van der Waals surface area contributed by atoms with Crippen LogP contribution in [0.15, 0.2) is 52.3 Å². The Kier molecular flexibility index (Phi) is 7.07. The number of aromatic nitrogens is 3. The summed E-state index contributed by atoms with van der Waals surface area (Å²) in [4.78, 5) is 29.4. The highest BCUT2D eigenvalue weighted by Gasteiger charge is 2.15. The average Bonchev–Trinajstić information content (AvgIpc) is 3.15. The van der Waals surface area contributed by atoms with E-state index >= 15 is 0 Å². The van der Waals surface area contributed by atoms with Gasteiger partial charge in [-0.05, 0) is 49.4 Å². The second kappa shape index (κ2) is 10.3. The lowest BCUT2D eigenvalue weighted by atomic mass is 9.96. The van der Waals surface area contributed by atoms with E-state index in [4.69, 9.17) is 4.98 Å². The molecule has 2 aromatic heterocycles. The molecule has 164 valence electrons. The summed E-state index contributed by atoms with van der Waals surface area (Å²) in [6, 6.07) is 14.8. The number of nitrogens with zero attached hydrogens (tertiary/aromatic N) is 3. The maximum absolute atomic E-state index is 12.4. The summed E-state index contributed by atoms with van der Waals surface area (Å²) in [7, 11) is 0. The summed E-state index contributed by atoms with van der Waals surface area (Å²) in [5.74, 6) is 0.644. The summed E-state index contributed by atoms with van der Waals surface area (Å²) in [5, 5.41) is 15.9. The molecule has 0 bridgehead atoms. The fourth-order valence-electron chi connectivity index (χ4n) is 3.84. The zero-order valence-corrected chi connectivity index (χ0v) is 18.6. The lowest BCUT2D eigenvalue weighted by Crippen LogP contribution is -2.14. The van der Waals surface area contributed by atoms with Crippen LogP contribution in [0.25, 0.3) is 5.69 Å². The van der Waals surface area contributed by atoms with Crippen molar-refractivity contribution in [2.24, 2.45) is 0 Å². The first kappa shape index (κ1) is 21.9. The van der Waals surface area contributed by atoms with Crippen molar-refractivity contribution in [1.29, 1.82) is 5.26 Å². The third-order valence-corrected chi connectivity index (χ3v) is 6.46. The molecule has 0 aliphatic heterocycles. The van der Waals surface area contributed by atoms with E-state index in [9.17, 15) is 14.9 Å². The maximum atomic E-state index is 12.4. The van der Waals surface area contributed by atoms with Gasteiger partial charge in [0, 0.05) is 23.9 Å². The van der Waals surface area contributed by atoms with Gasteiger partial charge in [0.15, 0.2) is 0 Å². The van der Waals surface area contributed by atoms with E-state index in [0.29, 0.717) is 27.8 Å². The maximum Gasteiger partial charge on any atom is 0.273 e. The van der Waals surface area contributed by atoms with Gasteiger partial charge in [-0.2, -0.15) is 5.26 Å². The minimum atomic E-state index is -0.246. The van der Waals surface area contributed by atoms with Crippen LogP contribution >= 0.6 is 11.8 Å². The van der Waals surface area contributed by atoms with Crippen LogP contribution in [0.2, 0.25) is 0 Å². The monoisotopic (exact) mass is 447 g/mol. The van der Waals surface area contributed by atoms with E-state index in [1.165, 1.54) is 40.9 Å². The molecule has 0 saturated carbocycles. The fourth-order valence-corrected chi connectivity index (χ4v) is 4.76. The SMILES string of the molecule is N#Cc1cc2c(nc1SCCC(=O)Nc1cc(=O)n(-c3ccccc3)[nH]1)CCCCCC2. The molecule has 1 aromatic carbocycles. The standard InChI is InChI=1S/C24H25N5O2S/c25-16-18-14-17-8-4-1-2-7-11-20(17)26-24(18)32-13-12-22(30)27-21-15-23(31)29(28-21)19-9-5-3-6-10-19/h3,5-6,9-10,14-15,28H,1-2,4,7-8,11-13H2,(H,27,30). The van der Waals surface area contributed by atoms with Crippen LogP contribution in [0.5, 0.6) is 0 Å². The first-order chi connectivity index (χ1) is 15.6. The molecule has 0 spiro atoms. The van der Waals surface area contributed by atoms with Gasteiger partial charge < -0.3 is 5.32 Å². The number of amides is 1. The predicted octanol–water partition coefficient (Wildman–Crippen LogP) is 4.21. The molecule has 1 aliphatic carbocycles. The second-order valence-electron chi connectivity index (χ2n) is 7.80. The molecular formula is C24H25N5O2S. The molecule has 32 heavy (non-hydrogen) atoms. The van der Waals surface area contributed by atoms with Crippen molar-refractivity contribution in [2.75, 3.05) is 11.1 Å². The molecule has 4 rings (SSSR count). The fraction of sp³-hybridized carbons (Fsp3) is 0.333. The van der Waals surface area contributed by atoms with Gasteiger partial charge in [-0.15, -0.1) is 11.8 Å². The Labute approximate surface area is 190 Å². The molecule has 1 aliphatic rings. The molecule has 2 N–H and O–H groups in total. The summed E-state index contributed by atoms with van der Waals surface area (Å²) in [6.45, 7) is 0. The van der Waals surface area contributed by atoms with Crippen molar-refractivity contribution in [3.05, 3.63) is 69.6 Å². The Morgan fingerprint density at radius 3 is 2.72 bits per heavy atom. The predicted molar refractivity (Wildman–Crippen MR) is 125 cm³/mol. The number of benzene rings is 1. The Balaban J connectivity index is 1.37. The van der Waals surface area contributed by atoms with Crippen LogP contribution in [-0.2, 0) is 17.6 Å². The highest BCUT2D eigenvalue weighted by Crippen LogP contribution is 2.27. The topological polar surface area (TPSA) is 104 Å². The van der Waals surface area contributed by atoms with Gasteiger partial charge in [0.1, 0.15) is 16.9 Å². The Hall–Kier alpha value is -3.31. The van der Waals surface area contributed by atoms with Gasteiger partial charge in [0.05, 0.1) is 11.3 Å². The van der Waals surface area contributed by atoms with Gasteiger partial charge in [-0.25, -0.2) is 9.67 Å². The van der Waals surface area contributed by atoms with Gasteiger partial charge in [-0.1, -0.05) is 31.0 Å². The number of thioether (sulfide) groups is 1. The van der Waals surface area contributed by atoms with Crippen LogP contribution in [0.3, 0.4) is 0 Å². The van der Waals surface area contributed by atoms with E-state index in [0.717, 1.165) is 31.4 Å².